The van der Waals surface area contributed by atoms with Crippen molar-refractivity contribution in [1.82, 2.24) is 9.97 Å². The number of ether oxygens (including phenoxy) is 1. The lowest BCUT2D eigenvalue weighted by Gasteiger charge is -2.09. The maximum atomic E-state index is 13.0. The van der Waals surface area contributed by atoms with Crippen molar-refractivity contribution in [3.8, 4) is 11.8 Å². The van der Waals surface area contributed by atoms with Gasteiger partial charge in [-0.3, -0.25) is 0 Å². The summed E-state index contributed by atoms with van der Waals surface area (Å²) in [6.45, 7) is 0.330. The van der Waals surface area contributed by atoms with Crippen LogP contribution >= 0.6 is 15.9 Å². The first kappa shape index (κ1) is 18.9. The van der Waals surface area contributed by atoms with Crippen LogP contribution < -0.4 is 4.74 Å². The van der Waals surface area contributed by atoms with E-state index in [9.17, 15) is 9.65 Å². The van der Waals surface area contributed by atoms with Gasteiger partial charge in [0.05, 0.1) is 21.1 Å². The molecule has 29 heavy (non-hydrogen) atoms. The lowest BCUT2D eigenvalue weighted by molar-refractivity contribution is 0.304. The molecule has 0 fully saturated rings. The van der Waals surface area contributed by atoms with E-state index >= 15 is 0 Å². The van der Waals surface area contributed by atoms with Crippen LogP contribution in [0, 0.1) is 17.1 Å². The Balaban J connectivity index is 1.54. The molecular formula is C23H15BrFN3O. The van der Waals surface area contributed by atoms with Crippen molar-refractivity contribution in [3.63, 3.8) is 0 Å². The minimum atomic E-state index is -0.274. The van der Waals surface area contributed by atoms with Crippen LogP contribution in [0.2, 0.25) is 0 Å². The first-order chi connectivity index (χ1) is 14.1. The molecule has 4 nitrogen and oxygen atoms in total. The molecule has 0 radical (unpaired) electrons. The largest absolute Gasteiger partial charge is 0.488 e. The molecule has 4 rings (SSSR count). The van der Waals surface area contributed by atoms with E-state index in [0.717, 1.165) is 26.6 Å². The summed E-state index contributed by atoms with van der Waals surface area (Å²) in [5.41, 5.74) is 3.85. The Kier molecular flexibility index (Phi) is 5.41. The molecule has 4 aromatic rings. The molecular weight excluding hydrogens is 433 g/mol. The zero-order chi connectivity index (χ0) is 20.2. The number of hydrogen-bond acceptors (Lipinski definition) is 3. The van der Waals surface area contributed by atoms with Gasteiger partial charge >= 0.3 is 0 Å². The summed E-state index contributed by atoms with van der Waals surface area (Å²) in [7, 11) is 0. The summed E-state index contributed by atoms with van der Waals surface area (Å²) in [5.74, 6) is 0.916. The van der Waals surface area contributed by atoms with Gasteiger partial charge in [-0.25, -0.2) is 9.37 Å². The fourth-order valence-corrected chi connectivity index (χ4v) is 3.38. The Hall–Kier alpha value is -3.43. The zero-order valence-electron chi connectivity index (χ0n) is 15.2. The summed E-state index contributed by atoms with van der Waals surface area (Å²) >= 11 is 3.51. The number of allylic oxidation sites excluding steroid dienone is 1. The van der Waals surface area contributed by atoms with Gasteiger partial charge < -0.3 is 9.72 Å². The maximum Gasteiger partial charge on any atom is 0.149 e. The third kappa shape index (κ3) is 4.36. The molecule has 3 aromatic carbocycles. The van der Waals surface area contributed by atoms with Crippen LogP contribution in [0.3, 0.4) is 0 Å². The van der Waals surface area contributed by atoms with Gasteiger partial charge in [0, 0.05) is 0 Å². The molecule has 0 saturated heterocycles. The number of aromatic nitrogens is 2. The van der Waals surface area contributed by atoms with E-state index in [0.29, 0.717) is 23.8 Å². The van der Waals surface area contributed by atoms with E-state index < -0.39 is 0 Å². The quantitative estimate of drug-likeness (QED) is 0.375. The molecule has 1 heterocycles. The van der Waals surface area contributed by atoms with Crippen LogP contribution in [0.25, 0.3) is 22.7 Å². The molecule has 0 unspecified atom stereocenters. The van der Waals surface area contributed by atoms with Crippen LogP contribution in [0.1, 0.15) is 17.0 Å². The molecule has 0 aliphatic rings. The number of benzene rings is 3. The molecule has 142 valence electrons. The highest BCUT2D eigenvalue weighted by Gasteiger charge is 2.09. The number of H-pyrrole nitrogens is 1. The third-order valence-corrected chi connectivity index (χ3v) is 4.96. The van der Waals surface area contributed by atoms with E-state index in [1.54, 1.807) is 18.2 Å². The van der Waals surface area contributed by atoms with Gasteiger partial charge in [-0.05, 0) is 69.5 Å². The van der Waals surface area contributed by atoms with Crippen molar-refractivity contribution in [2.24, 2.45) is 0 Å². The van der Waals surface area contributed by atoms with Crippen molar-refractivity contribution >= 4 is 38.6 Å². The number of nitrogens with zero attached hydrogens (tertiary/aromatic N) is 2. The fourth-order valence-electron chi connectivity index (χ4n) is 2.87. The average molecular weight is 448 g/mol. The predicted octanol–water partition coefficient (Wildman–Crippen LogP) is 6.11. The number of aromatic amines is 1. The smallest absolute Gasteiger partial charge is 0.149 e. The summed E-state index contributed by atoms with van der Waals surface area (Å²) < 4.78 is 19.6. The van der Waals surface area contributed by atoms with Crippen LogP contribution in [0.15, 0.2) is 71.2 Å². The average Bonchev–Trinajstić information content (AvgIpc) is 3.16. The normalized spacial score (nSPS) is 11.4. The van der Waals surface area contributed by atoms with E-state index in [1.165, 1.54) is 12.1 Å². The number of imidazole rings is 1. The fraction of sp³-hybridized carbons (Fsp3) is 0.0435. The number of nitriles is 1. The molecule has 0 spiro atoms. The number of hydrogen-bond donors (Lipinski definition) is 1. The predicted molar refractivity (Wildman–Crippen MR) is 114 cm³/mol. The van der Waals surface area contributed by atoms with Crippen molar-refractivity contribution in [2.45, 2.75) is 6.61 Å². The molecule has 0 aliphatic carbocycles. The van der Waals surface area contributed by atoms with Gasteiger partial charge in [0.25, 0.3) is 0 Å². The van der Waals surface area contributed by atoms with Crippen LogP contribution in [0.5, 0.6) is 5.75 Å². The molecule has 0 bridgehead atoms. The molecule has 0 saturated carbocycles. The number of fused-ring (bicyclic) bond motifs is 1. The standard InChI is InChI=1S/C23H15BrFN3O/c24-19-12-16(7-10-22(19)29-14-15-5-8-18(25)9-6-15)11-17(13-26)23-27-20-3-1-2-4-21(20)28-23/h1-12H,14H2,(H,27,28)/b17-11-. The third-order valence-electron chi connectivity index (χ3n) is 4.34. The first-order valence-electron chi connectivity index (χ1n) is 8.86. The number of halogens is 2. The second-order valence-corrected chi connectivity index (χ2v) is 7.23. The van der Waals surface area contributed by atoms with Gasteiger partial charge in [-0.2, -0.15) is 5.26 Å². The second-order valence-electron chi connectivity index (χ2n) is 6.38. The van der Waals surface area contributed by atoms with Crippen LogP contribution in [-0.4, -0.2) is 9.97 Å². The Labute approximate surface area is 175 Å². The lowest BCUT2D eigenvalue weighted by atomic mass is 10.1. The molecule has 0 aliphatic heterocycles. The summed E-state index contributed by atoms with van der Waals surface area (Å²) in [6.07, 6.45) is 1.77. The Morgan fingerprint density at radius 2 is 1.93 bits per heavy atom. The summed E-state index contributed by atoms with van der Waals surface area (Å²) in [4.78, 5) is 7.65. The van der Waals surface area contributed by atoms with Crippen LogP contribution in [-0.2, 0) is 6.61 Å². The molecule has 1 aromatic heterocycles. The summed E-state index contributed by atoms with van der Waals surface area (Å²) in [6, 6.07) is 21.6. The van der Waals surface area contributed by atoms with Gasteiger partial charge in [0.2, 0.25) is 0 Å². The highest BCUT2D eigenvalue weighted by molar-refractivity contribution is 9.10. The monoisotopic (exact) mass is 447 g/mol. The highest BCUT2D eigenvalue weighted by Crippen LogP contribution is 2.28. The van der Waals surface area contributed by atoms with Crippen LogP contribution in [0.4, 0.5) is 4.39 Å². The number of rotatable bonds is 5. The van der Waals surface area contributed by atoms with E-state index in [2.05, 4.69) is 32.0 Å². The Bertz CT molecular complexity index is 1210. The van der Waals surface area contributed by atoms with Gasteiger partial charge in [-0.1, -0.05) is 30.3 Å². The van der Waals surface area contributed by atoms with Gasteiger partial charge in [-0.15, -0.1) is 0 Å². The molecule has 6 heteroatoms. The lowest BCUT2D eigenvalue weighted by Crippen LogP contribution is -1.96. The number of para-hydroxylation sites is 2. The highest BCUT2D eigenvalue weighted by atomic mass is 79.9. The van der Waals surface area contributed by atoms with E-state index in [1.807, 2.05) is 42.5 Å². The van der Waals surface area contributed by atoms with Crippen molar-refractivity contribution < 1.29 is 9.13 Å². The SMILES string of the molecule is N#C/C(=C/c1ccc(OCc2ccc(F)cc2)c(Br)c1)c1nc2ccccc2[nH]1. The van der Waals surface area contributed by atoms with Crippen molar-refractivity contribution in [2.75, 3.05) is 0 Å². The minimum Gasteiger partial charge on any atom is -0.488 e. The van der Waals surface area contributed by atoms with E-state index in [-0.39, 0.29) is 5.82 Å². The summed E-state index contributed by atoms with van der Waals surface area (Å²) in [5, 5.41) is 9.58. The topological polar surface area (TPSA) is 61.7 Å². The zero-order valence-corrected chi connectivity index (χ0v) is 16.8. The van der Waals surface area contributed by atoms with Gasteiger partial charge in [0.15, 0.2) is 0 Å². The molecule has 0 atom stereocenters. The second kappa shape index (κ2) is 8.29. The minimum absolute atomic E-state index is 0.274. The van der Waals surface area contributed by atoms with E-state index in [4.69, 9.17) is 4.74 Å². The Morgan fingerprint density at radius 3 is 2.66 bits per heavy atom. The van der Waals surface area contributed by atoms with Crippen molar-refractivity contribution in [1.29, 1.82) is 5.26 Å². The number of nitrogens with one attached hydrogen (secondary N) is 1. The van der Waals surface area contributed by atoms with Crippen molar-refractivity contribution in [3.05, 3.63) is 94.0 Å². The molecule has 1 N–H and O–H groups in total. The van der Waals surface area contributed by atoms with Gasteiger partial charge in [0.1, 0.15) is 30.1 Å². The maximum absolute atomic E-state index is 13.0. The molecule has 0 amide bonds. The first-order valence-corrected chi connectivity index (χ1v) is 9.65. The Morgan fingerprint density at radius 1 is 1.14 bits per heavy atom.